The molecule has 0 saturated carbocycles. The highest BCUT2D eigenvalue weighted by molar-refractivity contribution is 9.10. The van der Waals surface area contributed by atoms with Gasteiger partial charge < -0.3 is 5.32 Å². The van der Waals surface area contributed by atoms with Gasteiger partial charge in [0.05, 0.1) is 12.6 Å². The molecule has 0 spiro atoms. The highest BCUT2D eigenvalue weighted by Gasteiger charge is 2.25. The van der Waals surface area contributed by atoms with Crippen molar-refractivity contribution in [3.63, 3.8) is 0 Å². The smallest absolute Gasteiger partial charge is 0.238 e. The second kappa shape index (κ2) is 9.09. The normalized spacial score (nSPS) is 16.5. The van der Waals surface area contributed by atoms with E-state index in [1.807, 2.05) is 24.3 Å². The molecule has 7 heteroatoms. The minimum atomic E-state index is -0.332. The molecular formula is C20H20BrFN4O. The van der Waals surface area contributed by atoms with Crippen LogP contribution >= 0.6 is 15.9 Å². The van der Waals surface area contributed by atoms with E-state index in [1.54, 1.807) is 12.1 Å². The third-order valence-corrected chi connectivity index (χ3v) is 5.10. The summed E-state index contributed by atoms with van der Waals surface area (Å²) in [5, 5.41) is 12.4. The first-order chi connectivity index (χ1) is 13.0. The Kier molecular flexibility index (Phi) is 6.56. The number of benzene rings is 2. The molecule has 1 N–H and O–H groups in total. The van der Waals surface area contributed by atoms with E-state index in [2.05, 4.69) is 37.1 Å². The van der Waals surface area contributed by atoms with Crippen LogP contribution in [-0.4, -0.2) is 48.4 Å². The van der Waals surface area contributed by atoms with Crippen LogP contribution in [0, 0.1) is 17.1 Å². The second-order valence-corrected chi connectivity index (χ2v) is 7.37. The van der Waals surface area contributed by atoms with E-state index in [1.165, 1.54) is 12.1 Å². The summed E-state index contributed by atoms with van der Waals surface area (Å²) in [5.74, 6) is -0.457. The zero-order valence-corrected chi connectivity index (χ0v) is 16.3. The number of anilines is 1. The Bertz CT molecular complexity index is 811. The van der Waals surface area contributed by atoms with Gasteiger partial charge in [-0.2, -0.15) is 5.26 Å². The van der Waals surface area contributed by atoms with Gasteiger partial charge >= 0.3 is 0 Å². The van der Waals surface area contributed by atoms with Crippen LogP contribution < -0.4 is 5.32 Å². The summed E-state index contributed by atoms with van der Waals surface area (Å²) in [7, 11) is 0. The number of piperazine rings is 1. The topological polar surface area (TPSA) is 59.4 Å². The number of nitrogens with one attached hydrogen (secondary N) is 1. The van der Waals surface area contributed by atoms with Crippen molar-refractivity contribution in [1.29, 1.82) is 5.26 Å². The van der Waals surface area contributed by atoms with Crippen molar-refractivity contribution in [3.05, 3.63) is 64.4 Å². The molecule has 27 heavy (non-hydrogen) atoms. The van der Waals surface area contributed by atoms with Gasteiger partial charge in [0.25, 0.3) is 0 Å². The van der Waals surface area contributed by atoms with Gasteiger partial charge in [0.15, 0.2) is 0 Å². The maximum atomic E-state index is 12.9. The van der Waals surface area contributed by atoms with Crippen molar-refractivity contribution < 1.29 is 9.18 Å². The predicted molar refractivity (Wildman–Crippen MR) is 106 cm³/mol. The zero-order chi connectivity index (χ0) is 19.2. The van der Waals surface area contributed by atoms with Crippen molar-refractivity contribution >= 4 is 27.5 Å². The Morgan fingerprint density at radius 3 is 2.33 bits per heavy atom. The number of amides is 1. The van der Waals surface area contributed by atoms with E-state index >= 15 is 0 Å². The lowest BCUT2D eigenvalue weighted by Gasteiger charge is -2.36. The lowest BCUT2D eigenvalue weighted by Crippen LogP contribution is -2.49. The standard InChI is InChI=1S/C20H20BrFN4O/c21-16-3-1-15(2-4-16)19(13-23)26-11-9-25(10-12-26)14-20(27)24-18-7-5-17(22)6-8-18/h1-8,19H,9-12,14H2,(H,24,27)/t19-/m1/s1. The molecular weight excluding hydrogens is 411 g/mol. The van der Waals surface area contributed by atoms with Crippen LogP contribution in [0.2, 0.25) is 0 Å². The van der Waals surface area contributed by atoms with Crippen molar-refractivity contribution in [2.24, 2.45) is 0 Å². The fourth-order valence-electron chi connectivity index (χ4n) is 3.13. The van der Waals surface area contributed by atoms with Gasteiger partial charge in [0.2, 0.25) is 5.91 Å². The average molecular weight is 431 g/mol. The number of hydrogen-bond donors (Lipinski definition) is 1. The molecule has 0 unspecified atom stereocenters. The third kappa shape index (κ3) is 5.36. The minimum absolute atomic E-state index is 0.125. The minimum Gasteiger partial charge on any atom is -0.325 e. The molecule has 1 fully saturated rings. The monoisotopic (exact) mass is 430 g/mol. The molecule has 1 atom stereocenters. The molecule has 0 aliphatic carbocycles. The van der Waals surface area contributed by atoms with Gasteiger partial charge in [-0.25, -0.2) is 4.39 Å². The molecule has 1 aliphatic heterocycles. The molecule has 140 valence electrons. The van der Waals surface area contributed by atoms with Crippen molar-refractivity contribution in [1.82, 2.24) is 9.80 Å². The quantitative estimate of drug-likeness (QED) is 0.789. The molecule has 1 heterocycles. The van der Waals surface area contributed by atoms with Crippen molar-refractivity contribution in [2.45, 2.75) is 6.04 Å². The summed E-state index contributed by atoms with van der Waals surface area (Å²) in [6, 6.07) is 15.6. The Balaban J connectivity index is 1.50. The van der Waals surface area contributed by atoms with E-state index < -0.39 is 0 Å². The summed E-state index contributed by atoms with van der Waals surface area (Å²) in [4.78, 5) is 16.4. The molecule has 2 aromatic carbocycles. The number of halogens is 2. The fraction of sp³-hybridized carbons (Fsp3) is 0.300. The Labute approximate surface area is 166 Å². The SMILES string of the molecule is N#C[C@H](c1ccc(Br)cc1)N1CCN(CC(=O)Nc2ccc(F)cc2)CC1. The van der Waals surface area contributed by atoms with Crippen LogP contribution in [0.3, 0.4) is 0 Å². The highest BCUT2D eigenvalue weighted by Crippen LogP contribution is 2.23. The second-order valence-electron chi connectivity index (χ2n) is 6.45. The first kappa shape index (κ1) is 19.5. The van der Waals surface area contributed by atoms with Crippen LogP contribution in [0.4, 0.5) is 10.1 Å². The van der Waals surface area contributed by atoms with Crippen LogP contribution in [0.1, 0.15) is 11.6 Å². The largest absolute Gasteiger partial charge is 0.325 e. The summed E-state index contributed by atoms with van der Waals surface area (Å²) >= 11 is 3.41. The first-order valence-corrected chi connectivity index (χ1v) is 9.51. The number of nitriles is 1. The molecule has 1 aliphatic rings. The third-order valence-electron chi connectivity index (χ3n) is 4.58. The summed E-state index contributed by atoms with van der Waals surface area (Å²) < 4.78 is 13.9. The number of carbonyl (C=O) groups excluding carboxylic acids is 1. The Hall–Kier alpha value is -2.27. The van der Waals surface area contributed by atoms with Crippen LogP contribution in [0.5, 0.6) is 0 Å². The van der Waals surface area contributed by atoms with Gasteiger partial charge in [-0.3, -0.25) is 14.6 Å². The van der Waals surface area contributed by atoms with Gasteiger partial charge in [-0.1, -0.05) is 28.1 Å². The van der Waals surface area contributed by atoms with E-state index in [4.69, 9.17) is 0 Å². The molecule has 0 bridgehead atoms. The molecule has 3 rings (SSSR count). The first-order valence-electron chi connectivity index (χ1n) is 8.72. The van der Waals surface area contributed by atoms with E-state index in [0.29, 0.717) is 18.8 Å². The fourth-order valence-corrected chi connectivity index (χ4v) is 3.39. The zero-order valence-electron chi connectivity index (χ0n) is 14.7. The van der Waals surface area contributed by atoms with Crippen LogP contribution in [0.25, 0.3) is 0 Å². The summed E-state index contributed by atoms with van der Waals surface area (Å²) in [5.41, 5.74) is 1.56. The molecule has 1 amide bonds. The Morgan fingerprint density at radius 1 is 1.11 bits per heavy atom. The number of rotatable bonds is 5. The molecule has 2 aromatic rings. The van der Waals surface area contributed by atoms with E-state index in [9.17, 15) is 14.4 Å². The van der Waals surface area contributed by atoms with Gasteiger partial charge in [0.1, 0.15) is 11.9 Å². The molecule has 5 nitrogen and oxygen atoms in total. The van der Waals surface area contributed by atoms with Crippen molar-refractivity contribution in [3.8, 4) is 6.07 Å². The van der Waals surface area contributed by atoms with Crippen LogP contribution in [-0.2, 0) is 4.79 Å². The lowest BCUT2D eigenvalue weighted by molar-refractivity contribution is -0.117. The number of hydrogen-bond acceptors (Lipinski definition) is 4. The van der Waals surface area contributed by atoms with E-state index in [0.717, 1.165) is 23.1 Å². The molecule has 0 aromatic heterocycles. The number of carbonyl (C=O) groups is 1. The maximum Gasteiger partial charge on any atom is 0.238 e. The average Bonchev–Trinajstić information content (AvgIpc) is 2.67. The Morgan fingerprint density at radius 2 is 1.74 bits per heavy atom. The van der Waals surface area contributed by atoms with Gasteiger partial charge in [0, 0.05) is 36.3 Å². The lowest BCUT2D eigenvalue weighted by atomic mass is 10.1. The summed E-state index contributed by atoms with van der Waals surface area (Å²) in [6.45, 7) is 3.15. The molecule has 1 saturated heterocycles. The highest BCUT2D eigenvalue weighted by atomic mass is 79.9. The van der Waals surface area contributed by atoms with E-state index in [-0.39, 0.29) is 24.3 Å². The summed E-state index contributed by atoms with van der Waals surface area (Å²) in [6.07, 6.45) is 0. The van der Waals surface area contributed by atoms with Crippen LogP contribution in [0.15, 0.2) is 53.0 Å². The number of nitrogens with zero attached hydrogens (tertiary/aromatic N) is 3. The predicted octanol–water partition coefficient (Wildman–Crippen LogP) is 3.41. The maximum absolute atomic E-state index is 12.9. The van der Waals surface area contributed by atoms with Gasteiger partial charge in [-0.05, 0) is 42.0 Å². The van der Waals surface area contributed by atoms with Crippen molar-refractivity contribution in [2.75, 3.05) is 38.0 Å². The molecule has 0 radical (unpaired) electrons. The van der Waals surface area contributed by atoms with Gasteiger partial charge in [-0.15, -0.1) is 0 Å².